The van der Waals surface area contributed by atoms with E-state index in [0.717, 1.165) is 0 Å². The van der Waals surface area contributed by atoms with E-state index < -0.39 is 18.0 Å². The summed E-state index contributed by atoms with van der Waals surface area (Å²) in [5, 5.41) is 19.9. The predicted molar refractivity (Wildman–Crippen MR) is 66.9 cm³/mol. The predicted octanol–water partition coefficient (Wildman–Crippen LogP) is 2.40. The summed E-state index contributed by atoms with van der Waals surface area (Å²) in [5.74, 6) is -0.159. The molecule has 3 nitrogen and oxygen atoms in total. The standard InChI is InChI=1S/C12H16BrFO3/c1-2-17-8-3-4-9(10(14)7-8)12(16)11(15)5-6-13/h3-4,7,11-12,15-16H,2,5-6H2,1H3. The molecule has 1 aromatic rings. The van der Waals surface area contributed by atoms with E-state index in [0.29, 0.717) is 24.1 Å². The van der Waals surface area contributed by atoms with Crippen LogP contribution in [0.5, 0.6) is 5.75 Å². The van der Waals surface area contributed by atoms with Crippen LogP contribution in [0.25, 0.3) is 0 Å². The normalized spacial score (nSPS) is 14.4. The summed E-state index contributed by atoms with van der Waals surface area (Å²) in [4.78, 5) is 0. The third-order valence-corrected chi connectivity index (χ3v) is 2.83. The fourth-order valence-corrected chi connectivity index (χ4v) is 1.95. The maximum atomic E-state index is 13.7. The Morgan fingerprint density at radius 1 is 1.41 bits per heavy atom. The summed E-state index contributed by atoms with van der Waals surface area (Å²) in [6, 6.07) is 4.22. The summed E-state index contributed by atoms with van der Waals surface area (Å²) in [6.07, 6.45) is -1.85. The lowest BCUT2D eigenvalue weighted by Crippen LogP contribution is -2.19. The van der Waals surface area contributed by atoms with E-state index in [1.165, 1.54) is 12.1 Å². The van der Waals surface area contributed by atoms with Gasteiger partial charge >= 0.3 is 0 Å². The Morgan fingerprint density at radius 3 is 2.65 bits per heavy atom. The highest BCUT2D eigenvalue weighted by Crippen LogP contribution is 2.25. The minimum absolute atomic E-state index is 0.0851. The molecule has 0 aromatic heterocycles. The molecule has 0 saturated carbocycles. The SMILES string of the molecule is CCOc1ccc(C(O)C(O)CCBr)c(F)c1. The first-order valence-electron chi connectivity index (χ1n) is 5.44. The lowest BCUT2D eigenvalue weighted by molar-refractivity contribution is 0.0152. The second kappa shape index (κ2) is 6.93. The molecule has 0 fully saturated rings. The monoisotopic (exact) mass is 306 g/mol. The van der Waals surface area contributed by atoms with Gasteiger partial charge in [-0.15, -0.1) is 0 Å². The van der Waals surface area contributed by atoms with Crippen LogP contribution in [-0.2, 0) is 0 Å². The summed E-state index contributed by atoms with van der Waals surface area (Å²) in [5.41, 5.74) is 0.0851. The van der Waals surface area contributed by atoms with Gasteiger partial charge in [-0.1, -0.05) is 15.9 Å². The number of hydrogen-bond acceptors (Lipinski definition) is 3. The molecule has 0 amide bonds. The van der Waals surface area contributed by atoms with Gasteiger partial charge in [-0.25, -0.2) is 4.39 Å². The number of benzene rings is 1. The molecular formula is C12H16BrFO3. The Morgan fingerprint density at radius 2 is 2.12 bits per heavy atom. The molecule has 0 aliphatic heterocycles. The number of halogens is 2. The topological polar surface area (TPSA) is 49.7 Å². The van der Waals surface area contributed by atoms with E-state index in [9.17, 15) is 14.6 Å². The largest absolute Gasteiger partial charge is 0.494 e. The quantitative estimate of drug-likeness (QED) is 0.794. The van der Waals surface area contributed by atoms with Crippen LogP contribution >= 0.6 is 15.9 Å². The van der Waals surface area contributed by atoms with Crippen molar-refractivity contribution in [3.63, 3.8) is 0 Å². The van der Waals surface area contributed by atoms with Crippen LogP contribution < -0.4 is 4.74 Å². The molecule has 0 saturated heterocycles. The van der Waals surface area contributed by atoms with Crippen LogP contribution in [0.2, 0.25) is 0 Å². The molecule has 0 bridgehead atoms. The number of aliphatic hydroxyl groups is 2. The zero-order valence-electron chi connectivity index (χ0n) is 9.57. The average Bonchev–Trinajstić information content (AvgIpc) is 2.29. The van der Waals surface area contributed by atoms with Crippen LogP contribution in [0.1, 0.15) is 25.0 Å². The van der Waals surface area contributed by atoms with Crippen molar-refractivity contribution in [2.75, 3.05) is 11.9 Å². The number of hydrogen-bond donors (Lipinski definition) is 2. The molecule has 0 aliphatic carbocycles. The molecule has 2 unspecified atom stereocenters. The van der Waals surface area contributed by atoms with Gasteiger partial charge in [-0.05, 0) is 25.5 Å². The maximum absolute atomic E-state index is 13.7. The molecule has 1 rings (SSSR count). The van der Waals surface area contributed by atoms with Crippen molar-refractivity contribution in [1.29, 1.82) is 0 Å². The second-order valence-corrected chi connectivity index (χ2v) is 4.40. The van der Waals surface area contributed by atoms with Crippen molar-refractivity contribution in [2.45, 2.75) is 25.6 Å². The Kier molecular flexibility index (Phi) is 5.88. The summed E-state index contributed by atoms with van der Waals surface area (Å²) in [7, 11) is 0. The van der Waals surface area contributed by atoms with Gasteiger partial charge in [0.1, 0.15) is 17.7 Å². The molecule has 1 aromatic carbocycles. The first kappa shape index (κ1) is 14.4. The molecule has 0 aliphatic rings. The number of ether oxygens (including phenoxy) is 1. The van der Waals surface area contributed by atoms with E-state index >= 15 is 0 Å². The third-order valence-electron chi connectivity index (χ3n) is 2.37. The van der Waals surface area contributed by atoms with Gasteiger partial charge in [0.05, 0.1) is 12.7 Å². The highest BCUT2D eigenvalue weighted by Gasteiger charge is 2.21. The maximum Gasteiger partial charge on any atom is 0.132 e. The number of rotatable bonds is 6. The van der Waals surface area contributed by atoms with Crippen molar-refractivity contribution in [3.05, 3.63) is 29.6 Å². The van der Waals surface area contributed by atoms with Gasteiger partial charge in [0, 0.05) is 17.0 Å². The summed E-state index contributed by atoms with van der Waals surface area (Å²) in [6.45, 7) is 2.26. The zero-order valence-corrected chi connectivity index (χ0v) is 11.2. The molecule has 0 spiro atoms. The average molecular weight is 307 g/mol. The Hall–Kier alpha value is -0.650. The molecular weight excluding hydrogens is 291 g/mol. The van der Waals surface area contributed by atoms with Crippen molar-refractivity contribution >= 4 is 15.9 Å². The second-order valence-electron chi connectivity index (χ2n) is 3.61. The van der Waals surface area contributed by atoms with Crippen molar-refractivity contribution in [2.24, 2.45) is 0 Å². The molecule has 17 heavy (non-hydrogen) atoms. The van der Waals surface area contributed by atoms with E-state index in [1.54, 1.807) is 13.0 Å². The molecule has 0 radical (unpaired) electrons. The van der Waals surface area contributed by atoms with Gasteiger partial charge in [0.15, 0.2) is 0 Å². The summed E-state index contributed by atoms with van der Waals surface area (Å²) >= 11 is 3.16. The molecule has 96 valence electrons. The smallest absolute Gasteiger partial charge is 0.132 e. The molecule has 2 N–H and O–H groups in total. The first-order chi connectivity index (χ1) is 8.10. The van der Waals surface area contributed by atoms with Crippen LogP contribution in [0.4, 0.5) is 4.39 Å². The highest BCUT2D eigenvalue weighted by atomic mass is 79.9. The van der Waals surface area contributed by atoms with Crippen LogP contribution in [0.15, 0.2) is 18.2 Å². The Bertz CT molecular complexity index is 360. The van der Waals surface area contributed by atoms with Crippen LogP contribution in [0.3, 0.4) is 0 Å². The Labute approximate surface area is 108 Å². The van der Waals surface area contributed by atoms with Crippen molar-refractivity contribution in [3.8, 4) is 5.75 Å². The van der Waals surface area contributed by atoms with Gasteiger partial charge in [-0.3, -0.25) is 0 Å². The minimum Gasteiger partial charge on any atom is -0.494 e. The molecule has 2 atom stereocenters. The van der Waals surface area contributed by atoms with Gasteiger partial charge < -0.3 is 14.9 Å². The fraction of sp³-hybridized carbons (Fsp3) is 0.500. The number of alkyl halides is 1. The van der Waals surface area contributed by atoms with Gasteiger partial charge in [0.25, 0.3) is 0 Å². The van der Waals surface area contributed by atoms with E-state index in [-0.39, 0.29) is 5.56 Å². The van der Waals surface area contributed by atoms with Crippen LogP contribution in [0, 0.1) is 5.82 Å². The van der Waals surface area contributed by atoms with Gasteiger partial charge in [0.2, 0.25) is 0 Å². The minimum atomic E-state index is -1.22. The van der Waals surface area contributed by atoms with Crippen molar-refractivity contribution < 1.29 is 19.3 Å². The number of aliphatic hydroxyl groups excluding tert-OH is 2. The zero-order chi connectivity index (χ0) is 12.8. The third kappa shape index (κ3) is 3.94. The van der Waals surface area contributed by atoms with E-state index in [4.69, 9.17) is 4.74 Å². The fourth-order valence-electron chi connectivity index (χ4n) is 1.48. The summed E-state index contributed by atoms with van der Waals surface area (Å²) < 4.78 is 18.8. The lowest BCUT2D eigenvalue weighted by Gasteiger charge is -2.18. The van der Waals surface area contributed by atoms with E-state index in [2.05, 4.69) is 15.9 Å². The first-order valence-corrected chi connectivity index (χ1v) is 6.56. The van der Waals surface area contributed by atoms with Crippen LogP contribution in [-0.4, -0.2) is 28.3 Å². The lowest BCUT2D eigenvalue weighted by atomic mass is 10.0. The van der Waals surface area contributed by atoms with Gasteiger partial charge in [-0.2, -0.15) is 0 Å². The molecule has 0 heterocycles. The highest BCUT2D eigenvalue weighted by molar-refractivity contribution is 9.09. The Balaban J connectivity index is 2.83. The molecule has 5 heteroatoms. The van der Waals surface area contributed by atoms with Crippen molar-refractivity contribution in [1.82, 2.24) is 0 Å². The van der Waals surface area contributed by atoms with E-state index in [1.807, 2.05) is 0 Å².